The molecule has 19 heavy (non-hydrogen) atoms. The van der Waals surface area contributed by atoms with Crippen molar-refractivity contribution in [3.8, 4) is 11.6 Å². The van der Waals surface area contributed by atoms with Crippen molar-refractivity contribution < 1.29 is 9.13 Å². The Bertz CT molecular complexity index is 599. The van der Waals surface area contributed by atoms with Gasteiger partial charge in [0.2, 0.25) is 5.88 Å². The van der Waals surface area contributed by atoms with Crippen molar-refractivity contribution in [3.63, 3.8) is 0 Å². The number of nitrogen functional groups attached to an aromatic ring is 1. The number of rotatable bonds is 3. The lowest BCUT2D eigenvalue weighted by atomic mass is 10.1. The first-order valence-corrected chi connectivity index (χ1v) is 6.03. The first-order valence-electron chi connectivity index (χ1n) is 6.03. The standard InChI is InChI=1S/C14H16FN3O/c1-8(2)12-13(16)17-7-18-14(12)19-11-6-9(3)4-5-10(11)15/h4-8H,1-3H3,(H2,16,17,18). The number of hydrogen-bond acceptors (Lipinski definition) is 4. The highest BCUT2D eigenvalue weighted by Gasteiger charge is 2.16. The number of aromatic nitrogens is 2. The topological polar surface area (TPSA) is 61.0 Å². The Morgan fingerprint density at radius 2 is 2.00 bits per heavy atom. The first-order chi connectivity index (χ1) is 8.99. The van der Waals surface area contributed by atoms with Gasteiger partial charge in [-0.1, -0.05) is 19.9 Å². The van der Waals surface area contributed by atoms with Crippen LogP contribution in [0.1, 0.15) is 30.9 Å². The summed E-state index contributed by atoms with van der Waals surface area (Å²) in [7, 11) is 0. The average Bonchev–Trinajstić information content (AvgIpc) is 2.33. The van der Waals surface area contributed by atoms with E-state index in [9.17, 15) is 4.39 Å². The predicted octanol–water partition coefficient (Wildman–Crippen LogP) is 3.42. The molecule has 0 saturated heterocycles. The van der Waals surface area contributed by atoms with Crippen molar-refractivity contribution in [3.05, 3.63) is 41.5 Å². The summed E-state index contributed by atoms with van der Waals surface area (Å²) in [6.45, 7) is 5.77. The van der Waals surface area contributed by atoms with Crippen LogP contribution in [0.15, 0.2) is 24.5 Å². The summed E-state index contributed by atoms with van der Waals surface area (Å²) in [6, 6.07) is 4.67. The van der Waals surface area contributed by atoms with Gasteiger partial charge in [-0.25, -0.2) is 14.4 Å². The maximum Gasteiger partial charge on any atom is 0.228 e. The summed E-state index contributed by atoms with van der Waals surface area (Å²) >= 11 is 0. The molecule has 0 fully saturated rings. The number of nitrogens with two attached hydrogens (primary N) is 1. The van der Waals surface area contributed by atoms with Crippen LogP contribution in [0.3, 0.4) is 0 Å². The predicted molar refractivity (Wildman–Crippen MR) is 71.7 cm³/mol. The second kappa shape index (κ2) is 5.22. The van der Waals surface area contributed by atoms with Gasteiger partial charge >= 0.3 is 0 Å². The number of nitrogens with zero attached hydrogens (tertiary/aromatic N) is 2. The first kappa shape index (κ1) is 13.3. The minimum absolute atomic E-state index is 0.0871. The third kappa shape index (κ3) is 2.81. The van der Waals surface area contributed by atoms with Gasteiger partial charge in [-0.05, 0) is 30.5 Å². The zero-order valence-electron chi connectivity index (χ0n) is 11.1. The highest BCUT2D eigenvalue weighted by atomic mass is 19.1. The van der Waals surface area contributed by atoms with E-state index in [0.717, 1.165) is 5.56 Å². The fourth-order valence-electron chi connectivity index (χ4n) is 1.81. The van der Waals surface area contributed by atoms with Crippen LogP contribution in [0.2, 0.25) is 0 Å². The van der Waals surface area contributed by atoms with Crippen LogP contribution in [0.5, 0.6) is 11.6 Å². The van der Waals surface area contributed by atoms with Crippen molar-refractivity contribution in [1.29, 1.82) is 0 Å². The van der Waals surface area contributed by atoms with E-state index < -0.39 is 5.82 Å². The second-order valence-electron chi connectivity index (χ2n) is 4.67. The number of anilines is 1. The fraction of sp³-hybridized carbons (Fsp3) is 0.286. The molecular formula is C14H16FN3O. The van der Waals surface area contributed by atoms with Gasteiger partial charge in [0.1, 0.15) is 12.1 Å². The average molecular weight is 261 g/mol. The molecule has 0 unspecified atom stereocenters. The largest absolute Gasteiger partial charge is 0.435 e. The van der Waals surface area contributed by atoms with E-state index in [1.807, 2.05) is 20.8 Å². The lowest BCUT2D eigenvalue weighted by molar-refractivity contribution is 0.419. The maximum absolute atomic E-state index is 13.7. The summed E-state index contributed by atoms with van der Waals surface area (Å²) in [5.74, 6) is 0.446. The Morgan fingerprint density at radius 3 is 2.68 bits per heavy atom. The minimum atomic E-state index is -0.433. The van der Waals surface area contributed by atoms with Crippen molar-refractivity contribution >= 4 is 5.82 Å². The molecule has 5 heteroatoms. The summed E-state index contributed by atoms with van der Waals surface area (Å²) < 4.78 is 19.2. The molecular weight excluding hydrogens is 245 g/mol. The highest BCUT2D eigenvalue weighted by Crippen LogP contribution is 2.32. The van der Waals surface area contributed by atoms with Crippen LogP contribution in [-0.2, 0) is 0 Å². The molecule has 100 valence electrons. The van der Waals surface area contributed by atoms with E-state index in [4.69, 9.17) is 10.5 Å². The Hall–Kier alpha value is -2.17. The SMILES string of the molecule is Cc1ccc(F)c(Oc2ncnc(N)c2C(C)C)c1. The molecule has 0 aliphatic rings. The van der Waals surface area contributed by atoms with Crippen LogP contribution in [0.25, 0.3) is 0 Å². The molecule has 4 nitrogen and oxygen atoms in total. The van der Waals surface area contributed by atoms with E-state index in [-0.39, 0.29) is 11.7 Å². The Balaban J connectivity index is 2.44. The molecule has 1 aromatic heterocycles. The summed E-state index contributed by atoms with van der Waals surface area (Å²) in [5, 5.41) is 0. The van der Waals surface area contributed by atoms with Gasteiger partial charge in [-0.15, -0.1) is 0 Å². The van der Waals surface area contributed by atoms with E-state index in [2.05, 4.69) is 9.97 Å². The smallest absolute Gasteiger partial charge is 0.228 e. The van der Waals surface area contributed by atoms with Crippen molar-refractivity contribution in [2.24, 2.45) is 0 Å². The molecule has 0 amide bonds. The zero-order chi connectivity index (χ0) is 14.0. The molecule has 2 N–H and O–H groups in total. The van der Waals surface area contributed by atoms with Gasteiger partial charge in [-0.2, -0.15) is 0 Å². The number of halogens is 1. The van der Waals surface area contributed by atoms with E-state index >= 15 is 0 Å². The van der Waals surface area contributed by atoms with E-state index in [1.165, 1.54) is 12.4 Å². The van der Waals surface area contributed by atoms with E-state index in [0.29, 0.717) is 17.3 Å². The molecule has 1 heterocycles. The molecule has 1 aromatic carbocycles. The van der Waals surface area contributed by atoms with Gasteiger partial charge < -0.3 is 10.5 Å². The molecule has 0 spiro atoms. The Kier molecular flexibility index (Phi) is 3.64. The van der Waals surface area contributed by atoms with Crippen molar-refractivity contribution in [1.82, 2.24) is 9.97 Å². The molecule has 0 bridgehead atoms. The van der Waals surface area contributed by atoms with Gasteiger partial charge in [0, 0.05) is 0 Å². The van der Waals surface area contributed by atoms with Crippen LogP contribution >= 0.6 is 0 Å². The van der Waals surface area contributed by atoms with E-state index in [1.54, 1.807) is 12.1 Å². The highest BCUT2D eigenvalue weighted by molar-refractivity contribution is 5.48. The van der Waals surface area contributed by atoms with Crippen LogP contribution < -0.4 is 10.5 Å². The number of hydrogen-bond donors (Lipinski definition) is 1. The third-order valence-corrected chi connectivity index (χ3v) is 2.75. The maximum atomic E-state index is 13.7. The number of ether oxygens (including phenoxy) is 1. The van der Waals surface area contributed by atoms with Crippen LogP contribution in [0.4, 0.5) is 10.2 Å². The van der Waals surface area contributed by atoms with Gasteiger partial charge in [0.05, 0.1) is 5.56 Å². The quantitative estimate of drug-likeness (QED) is 0.919. The fourth-order valence-corrected chi connectivity index (χ4v) is 1.81. The Labute approximate surface area is 111 Å². The monoisotopic (exact) mass is 261 g/mol. The third-order valence-electron chi connectivity index (χ3n) is 2.75. The zero-order valence-corrected chi connectivity index (χ0v) is 11.1. The summed E-state index contributed by atoms with van der Waals surface area (Å²) in [4.78, 5) is 7.98. The molecule has 2 aromatic rings. The molecule has 2 rings (SSSR count). The number of aryl methyl sites for hydroxylation is 1. The minimum Gasteiger partial charge on any atom is -0.435 e. The van der Waals surface area contributed by atoms with Crippen LogP contribution in [0, 0.1) is 12.7 Å². The summed E-state index contributed by atoms with van der Waals surface area (Å²) in [5.41, 5.74) is 7.41. The summed E-state index contributed by atoms with van der Waals surface area (Å²) in [6.07, 6.45) is 1.31. The van der Waals surface area contributed by atoms with Gasteiger partial charge in [0.15, 0.2) is 11.6 Å². The molecule has 0 aliphatic heterocycles. The molecule has 0 aliphatic carbocycles. The van der Waals surface area contributed by atoms with Gasteiger partial charge in [-0.3, -0.25) is 0 Å². The Morgan fingerprint density at radius 1 is 1.26 bits per heavy atom. The lowest BCUT2D eigenvalue weighted by Crippen LogP contribution is -2.04. The molecule has 0 atom stereocenters. The van der Waals surface area contributed by atoms with Crippen molar-refractivity contribution in [2.45, 2.75) is 26.7 Å². The molecule has 0 saturated carbocycles. The second-order valence-corrected chi connectivity index (χ2v) is 4.67. The lowest BCUT2D eigenvalue weighted by Gasteiger charge is -2.14. The van der Waals surface area contributed by atoms with Crippen molar-refractivity contribution in [2.75, 3.05) is 5.73 Å². The molecule has 0 radical (unpaired) electrons. The number of benzene rings is 1. The normalized spacial score (nSPS) is 10.8. The van der Waals surface area contributed by atoms with Crippen LogP contribution in [-0.4, -0.2) is 9.97 Å². The van der Waals surface area contributed by atoms with Gasteiger partial charge in [0.25, 0.3) is 0 Å².